The molecule has 0 aliphatic carbocycles. The van der Waals surface area contributed by atoms with Crippen molar-refractivity contribution < 1.29 is 13.9 Å². The van der Waals surface area contributed by atoms with E-state index in [1.54, 1.807) is 6.07 Å². The first kappa shape index (κ1) is 8.71. The predicted molar refractivity (Wildman–Crippen MR) is 42.7 cm³/mol. The molecule has 0 aromatic heterocycles. The van der Waals surface area contributed by atoms with E-state index in [1.165, 1.54) is 19.2 Å². The summed E-state index contributed by atoms with van der Waals surface area (Å²) in [5.74, 6) is 0.0589. The Kier molecular flexibility index (Phi) is 2.80. The van der Waals surface area contributed by atoms with Gasteiger partial charge < -0.3 is 9.53 Å². The number of carbonyl (C=O) groups excluding carboxylic acids is 1. The van der Waals surface area contributed by atoms with Gasteiger partial charge in [-0.3, -0.25) is 0 Å². The van der Waals surface area contributed by atoms with E-state index in [0.717, 1.165) is 6.29 Å². The van der Waals surface area contributed by atoms with Crippen LogP contribution >= 0.6 is 0 Å². The summed E-state index contributed by atoms with van der Waals surface area (Å²) >= 11 is 0. The number of aldehydes is 1. The highest BCUT2D eigenvalue weighted by atomic mass is 19.1. The van der Waals surface area contributed by atoms with E-state index in [2.05, 4.69) is 0 Å². The van der Waals surface area contributed by atoms with Crippen LogP contribution in [0.2, 0.25) is 0 Å². The molecule has 1 rings (SSSR count). The van der Waals surface area contributed by atoms with E-state index in [0.29, 0.717) is 11.3 Å². The largest absolute Gasteiger partial charge is 0.496 e. The van der Waals surface area contributed by atoms with Crippen LogP contribution in [0.5, 0.6) is 5.75 Å². The van der Waals surface area contributed by atoms with E-state index < -0.39 is 0 Å². The lowest BCUT2D eigenvalue weighted by atomic mass is 10.1. The van der Waals surface area contributed by atoms with Gasteiger partial charge in [0.15, 0.2) is 0 Å². The summed E-state index contributed by atoms with van der Waals surface area (Å²) in [6, 6.07) is 4.11. The highest BCUT2D eigenvalue weighted by Crippen LogP contribution is 2.18. The number of ether oxygens (including phenoxy) is 1. The van der Waals surface area contributed by atoms with Gasteiger partial charge in [0, 0.05) is 18.1 Å². The average Bonchev–Trinajstić information content (AvgIpc) is 2.08. The SMILES string of the molecule is COc1cc(F)ccc1CC=O. The average molecular weight is 168 g/mol. The van der Waals surface area contributed by atoms with E-state index in [1.807, 2.05) is 0 Å². The third kappa shape index (κ3) is 1.81. The van der Waals surface area contributed by atoms with Gasteiger partial charge in [0.25, 0.3) is 0 Å². The molecule has 0 unspecified atom stereocenters. The fraction of sp³-hybridized carbons (Fsp3) is 0.222. The molecule has 0 amide bonds. The van der Waals surface area contributed by atoms with Gasteiger partial charge in [-0.2, -0.15) is 0 Å². The molecule has 0 spiro atoms. The first-order valence-electron chi connectivity index (χ1n) is 3.54. The lowest BCUT2D eigenvalue weighted by molar-refractivity contribution is -0.107. The first-order chi connectivity index (χ1) is 5.77. The zero-order chi connectivity index (χ0) is 8.97. The predicted octanol–water partition coefficient (Wildman–Crippen LogP) is 1.58. The molecule has 0 saturated heterocycles. The third-order valence-corrected chi connectivity index (χ3v) is 1.55. The van der Waals surface area contributed by atoms with E-state index in [-0.39, 0.29) is 12.2 Å². The second-order valence-electron chi connectivity index (χ2n) is 2.33. The molecule has 0 fully saturated rings. The first-order valence-corrected chi connectivity index (χ1v) is 3.54. The van der Waals surface area contributed by atoms with Gasteiger partial charge in [-0.1, -0.05) is 6.07 Å². The number of halogens is 1. The molecule has 0 saturated carbocycles. The van der Waals surface area contributed by atoms with Gasteiger partial charge in [0.1, 0.15) is 17.9 Å². The second-order valence-corrected chi connectivity index (χ2v) is 2.33. The van der Waals surface area contributed by atoms with Crippen molar-refractivity contribution in [1.82, 2.24) is 0 Å². The van der Waals surface area contributed by atoms with Crippen LogP contribution in [0.1, 0.15) is 5.56 Å². The Labute approximate surface area is 70.0 Å². The van der Waals surface area contributed by atoms with Crippen LogP contribution in [0, 0.1) is 5.82 Å². The van der Waals surface area contributed by atoms with E-state index >= 15 is 0 Å². The number of benzene rings is 1. The van der Waals surface area contributed by atoms with Crippen LogP contribution in [0.15, 0.2) is 18.2 Å². The summed E-state index contributed by atoms with van der Waals surface area (Å²) in [4.78, 5) is 10.2. The van der Waals surface area contributed by atoms with Crippen molar-refractivity contribution in [2.75, 3.05) is 7.11 Å². The maximum absolute atomic E-state index is 12.6. The molecule has 0 N–H and O–H groups in total. The molecule has 1 aromatic carbocycles. The van der Waals surface area contributed by atoms with Gasteiger partial charge in [-0.05, 0) is 6.07 Å². The molecule has 0 atom stereocenters. The van der Waals surface area contributed by atoms with Crippen LogP contribution in [0.25, 0.3) is 0 Å². The van der Waals surface area contributed by atoms with Crippen molar-refractivity contribution in [3.63, 3.8) is 0 Å². The Morgan fingerprint density at radius 2 is 2.33 bits per heavy atom. The summed E-state index contributed by atoms with van der Waals surface area (Å²) in [6.07, 6.45) is 1.01. The number of hydrogen-bond acceptors (Lipinski definition) is 2. The fourth-order valence-corrected chi connectivity index (χ4v) is 0.977. The highest BCUT2D eigenvalue weighted by molar-refractivity contribution is 5.57. The molecular weight excluding hydrogens is 159 g/mol. The van der Waals surface area contributed by atoms with E-state index in [9.17, 15) is 9.18 Å². The second kappa shape index (κ2) is 3.85. The topological polar surface area (TPSA) is 26.3 Å². The molecule has 3 heteroatoms. The summed E-state index contributed by atoms with van der Waals surface area (Å²) in [7, 11) is 1.45. The number of methoxy groups -OCH3 is 1. The Morgan fingerprint density at radius 1 is 1.58 bits per heavy atom. The normalized spacial score (nSPS) is 9.50. The maximum atomic E-state index is 12.6. The van der Waals surface area contributed by atoms with Gasteiger partial charge in [0.05, 0.1) is 7.11 Å². The minimum absolute atomic E-state index is 0.253. The molecule has 12 heavy (non-hydrogen) atoms. The van der Waals surface area contributed by atoms with Crippen LogP contribution in [0.3, 0.4) is 0 Å². The van der Waals surface area contributed by atoms with Gasteiger partial charge >= 0.3 is 0 Å². The minimum atomic E-state index is -0.360. The van der Waals surface area contributed by atoms with Crippen LogP contribution in [-0.4, -0.2) is 13.4 Å². The van der Waals surface area contributed by atoms with Crippen molar-refractivity contribution in [2.45, 2.75) is 6.42 Å². The van der Waals surface area contributed by atoms with Crippen molar-refractivity contribution in [3.05, 3.63) is 29.6 Å². The summed E-state index contributed by atoms with van der Waals surface area (Å²) in [5, 5.41) is 0. The Morgan fingerprint density at radius 3 is 2.92 bits per heavy atom. The molecule has 0 heterocycles. The lowest BCUT2D eigenvalue weighted by Crippen LogP contribution is -1.93. The molecule has 2 nitrogen and oxygen atoms in total. The molecule has 0 aliphatic rings. The van der Waals surface area contributed by atoms with Crippen molar-refractivity contribution in [1.29, 1.82) is 0 Å². The minimum Gasteiger partial charge on any atom is -0.496 e. The standard InChI is InChI=1S/C9H9FO2/c1-12-9-6-8(10)3-2-7(9)4-5-11/h2-3,5-6H,4H2,1H3. The molecule has 1 aromatic rings. The van der Waals surface area contributed by atoms with Crippen molar-refractivity contribution in [2.24, 2.45) is 0 Å². The molecule has 0 bridgehead atoms. The highest BCUT2D eigenvalue weighted by Gasteiger charge is 2.02. The maximum Gasteiger partial charge on any atom is 0.126 e. The number of rotatable bonds is 3. The smallest absolute Gasteiger partial charge is 0.126 e. The molecule has 0 aliphatic heterocycles. The summed E-state index contributed by atoms with van der Waals surface area (Å²) < 4.78 is 17.5. The van der Waals surface area contributed by atoms with Gasteiger partial charge in [0.2, 0.25) is 0 Å². The molecule has 0 radical (unpaired) electrons. The summed E-state index contributed by atoms with van der Waals surface area (Å²) in [5.41, 5.74) is 0.703. The van der Waals surface area contributed by atoms with Crippen LogP contribution in [-0.2, 0) is 11.2 Å². The lowest BCUT2D eigenvalue weighted by Gasteiger charge is -2.04. The third-order valence-electron chi connectivity index (χ3n) is 1.55. The number of carbonyl (C=O) groups is 1. The molecular formula is C9H9FO2. The van der Waals surface area contributed by atoms with Crippen LogP contribution in [0.4, 0.5) is 4.39 Å². The molecule has 64 valence electrons. The summed E-state index contributed by atoms with van der Waals surface area (Å²) in [6.45, 7) is 0. The van der Waals surface area contributed by atoms with Gasteiger partial charge in [-0.25, -0.2) is 4.39 Å². The monoisotopic (exact) mass is 168 g/mol. The Bertz CT molecular complexity index is 284. The Balaban J connectivity index is 3.01. The Hall–Kier alpha value is -1.38. The zero-order valence-electron chi connectivity index (χ0n) is 6.71. The van der Waals surface area contributed by atoms with Crippen molar-refractivity contribution in [3.8, 4) is 5.75 Å². The van der Waals surface area contributed by atoms with E-state index in [4.69, 9.17) is 4.74 Å². The number of hydrogen-bond donors (Lipinski definition) is 0. The fourth-order valence-electron chi connectivity index (χ4n) is 0.977. The van der Waals surface area contributed by atoms with Crippen LogP contribution < -0.4 is 4.74 Å². The van der Waals surface area contributed by atoms with Gasteiger partial charge in [-0.15, -0.1) is 0 Å². The quantitative estimate of drug-likeness (QED) is 0.640. The van der Waals surface area contributed by atoms with Crippen molar-refractivity contribution >= 4 is 6.29 Å². The zero-order valence-corrected chi connectivity index (χ0v) is 6.71.